The number of thioether (sulfide) groups is 1. The van der Waals surface area contributed by atoms with Crippen LogP contribution >= 0.6 is 11.8 Å². The van der Waals surface area contributed by atoms with Crippen LogP contribution in [0.4, 0.5) is 4.39 Å². The van der Waals surface area contributed by atoms with E-state index in [1.165, 1.54) is 12.1 Å². The van der Waals surface area contributed by atoms with Gasteiger partial charge in [0.25, 0.3) is 0 Å². The van der Waals surface area contributed by atoms with E-state index in [0.717, 1.165) is 18.4 Å². The number of halogens is 1. The van der Waals surface area contributed by atoms with Crippen LogP contribution in [0, 0.1) is 11.7 Å². The van der Waals surface area contributed by atoms with Gasteiger partial charge in [-0.05, 0) is 44.4 Å². The Kier molecular flexibility index (Phi) is 5.13. The van der Waals surface area contributed by atoms with Crippen molar-refractivity contribution in [1.29, 1.82) is 0 Å². The number of amides is 2. The lowest BCUT2D eigenvalue weighted by molar-refractivity contribution is -0.135. The first-order valence-electron chi connectivity index (χ1n) is 8.51. The second-order valence-corrected chi connectivity index (χ2v) is 7.83. The molecule has 0 bridgehead atoms. The Morgan fingerprint density at radius 1 is 1.33 bits per heavy atom. The molecular weight excluding hydrogens is 327 g/mol. The maximum atomic E-state index is 13.2. The summed E-state index contributed by atoms with van der Waals surface area (Å²) >= 11 is 1.58. The van der Waals surface area contributed by atoms with Gasteiger partial charge in [0.2, 0.25) is 11.8 Å². The largest absolute Gasteiger partial charge is 0.341 e. The number of carbonyl (C=O) groups excluding carboxylic acids is 2. The average Bonchev–Trinajstić information content (AvgIpc) is 3.38. The molecule has 130 valence electrons. The molecule has 2 fully saturated rings. The number of hydrogen-bond donors (Lipinski definition) is 0. The predicted octanol–water partition coefficient (Wildman–Crippen LogP) is 3.05. The molecule has 0 spiro atoms. The Morgan fingerprint density at radius 2 is 2.00 bits per heavy atom. The third kappa shape index (κ3) is 3.58. The van der Waals surface area contributed by atoms with Gasteiger partial charge in [-0.3, -0.25) is 9.59 Å². The van der Waals surface area contributed by atoms with E-state index >= 15 is 0 Å². The summed E-state index contributed by atoms with van der Waals surface area (Å²) in [6.45, 7) is 5.62. The van der Waals surface area contributed by atoms with Gasteiger partial charge in [-0.15, -0.1) is 11.8 Å². The molecule has 1 saturated heterocycles. The van der Waals surface area contributed by atoms with Crippen molar-refractivity contribution in [2.45, 2.75) is 37.3 Å². The van der Waals surface area contributed by atoms with Crippen molar-refractivity contribution in [3.8, 4) is 0 Å². The average molecular weight is 350 g/mol. The molecule has 0 aromatic heterocycles. The lowest BCUT2D eigenvalue weighted by atomic mass is 10.2. The smallest absolute Gasteiger partial charge is 0.236 e. The number of likely N-dealkylation sites (N-methyl/N-ethyl adjacent to an activating group) is 1. The van der Waals surface area contributed by atoms with Crippen molar-refractivity contribution >= 4 is 23.6 Å². The summed E-state index contributed by atoms with van der Waals surface area (Å²) in [5.41, 5.74) is 0.927. The summed E-state index contributed by atoms with van der Waals surface area (Å²) in [7, 11) is 0. The van der Waals surface area contributed by atoms with Crippen molar-refractivity contribution < 1.29 is 14.0 Å². The quantitative estimate of drug-likeness (QED) is 0.792. The monoisotopic (exact) mass is 350 g/mol. The highest BCUT2D eigenvalue weighted by atomic mass is 32.2. The van der Waals surface area contributed by atoms with E-state index in [4.69, 9.17) is 0 Å². The normalized spacial score (nSPS) is 23.6. The molecule has 24 heavy (non-hydrogen) atoms. The Bertz CT molecular complexity index is 618. The molecule has 0 N–H and O–H groups in total. The number of benzene rings is 1. The van der Waals surface area contributed by atoms with Gasteiger partial charge in [0.05, 0.1) is 5.25 Å². The molecule has 1 aromatic carbocycles. The molecule has 4 nitrogen and oxygen atoms in total. The third-order valence-electron chi connectivity index (χ3n) is 4.63. The van der Waals surface area contributed by atoms with Gasteiger partial charge in [0, 0.05) is 25.6 Å². The Morgan fingerprint density at radius 3 is 2.58 bits per heavy atom. The second kappa shape index (κ2) is 7.13. The first-order valence-corrected chi connectivity index (χ1v) is 9.45. The topological polar surface area (TPSA) is 40.6 Å². The first-order chi connectivity index (χ1) is 11.5. The molecule has 2 aliphatic rings. The van der Waals surface area contributed by atoms with E-state index in [0.29, 0.717) is 19.6 Å². The van der Waals surface area contributed by atoms with Crippen molar-refractivity contribution in [2.75, 3.05) is 19.6 Å². The fourth-order valence-corrected chi connectivity index (χ4v) is 4.34. The predicted molar refractivity (Wildman–Crippen MR) is 92.9 cm³/mol. The molecule has 2 atom stereocenters. The van der Waals surface area contributed by atoms with Crippen molar-refractivity contribution in [3.63, 3.8) is 0 Å². The standard InChI is InChI=1S/C18H23FN2O2S/c1-3-20(17(23)13-4-5-13)10-11-21-16(22)12(2)24-18(21)14-6-8-15(19)9-7-14/h6-9,12-13,18H,3-5,10-11H2,1-2H3. The van der Waals surface area contributed by atoms with E-state index in [2.05, 4.69) is 0 Å². The Balaban J connectivity index is 1.69. The highest BCUT2D eigenvalue weighted by molar-refractivity contribution is 8.01. The zero-order valence-corrected chi connectivity index (χ0v) is 14.9. The van der Waals surface area contributed by atoms with E-state index in [1.807, 2.05) is 23.6 Å². The van der Waals surface area contributed by atoms with Gasteiger partial charge in [-0.25, -0.2) is 4.39 Å². The summed E-state index contributed by atoms with van der Waals surface area (Å²) in [5.74, 6) is 0.215. The number of nitrogens with zero attached hydrogens (tertiary/aromatic N) is 2. The summed E-state index contributed by atoms with van der Waals surface area (Å²) in [4.78, 5) is 28.4. The molecule has 0 radical (unpaired) electrons. The van der Waals surface area contributed by atoms with E-state index in [1.54, 1.807) is 23.9 Å². The molecular formula is C18H23FN2O2S. The number of carbonyl (C=O) groups is 2. The molecule has 3 rings (SSSR count). The van der Waals surface area contributed by atoms with Gasteiger partial charge in [0.1, 0.15) is 11.2 Å². The molecule has 1 aliphatic heterocycles. The summed E-state index contributed by atoms with van der Waals surface area (Å²) < 4.78 is 13.2. The summed E-state index contributed by atoms with van der Waals surface area (Å²) in [6.07, 6.45) is 1.98. The molecule has 1 aromatic rings. The second-order valence-electron chi connectivity index (χ2n) is 6.41. The van der Waals surface area contributed by atoms with Crippen LogP contribution in [0.25, 0.3) is 0 Å². The minimum Gasteiger partial charge on any atom is -0.341 e. The van der Waals surface area contributed by atoms with Crippen LogP contribution in [-0.4, -0.2) is 46.5 Å². The molecule has 1 aliphatic carbocycles. The van der Waals surface area contributed by atoms with Crippen molar-refractivity contribution in [2.24, 2.45) is 5.92 Å². The minimum atomic E-state index is -0.278. The Labute approximate surface area is 146 Å². The maximum absolute atomic E-state index is 13.2. The minimum absolute atomic E-state index is 0.0873. The maximum Gasteiger partial charge on any atom is 0.236 e. The Hall–Kier alpha value is -1.56. The van der Waals surface area contributed by atoms with Crippen LogP contribution in [0.15, 0.2) is 24.3 Å². The zero-order valence-electron chi connectivity index (χ0n) is 14.1. The molecule has 1 saturated carbocycles. The number of rotatable bonds is 6. The van der Waals surface area contributed by atoms with Crippen molar-refractivity contribution in [1.82, 2.24) is 9.80 Å². The lowest BCUT2D eigenvalue weighted by Gasteiger charge is -2.28. The van der Waals surface area contributed by atoms with Crippen LogP contribution in [0.2, 0.25) is 0 Å². The SMILES string of the molecule is CCN(CCN1C(=O)C(C)SC1c1ccc(F)cc1)C(=O)C1CC1. The molecule has 2 amide bonds. The fourth-order valence-electron chi connectivity index (χ4n) is 3.03. The van der Waals surface area contributed by atoms with Crippen LogP contribution in [0.1, 0.15) is 37.6 Å². The lowest BCUT2D eigenvalue weighted by Crippen LogP contribution is -2.41. The van der Waals surface area contributed by atoms with Gasteiger partial charge >= 0.3 is 0 Å². The molecule has 6 heteroatoms. The first kappa shape index (κ1) is 17.3. The fraction of sp³-hybridized carbons (Fsp3) is 0.556. The zero-order chi connectivity index (χ0) is 17.3. The van der Waals surface area contributed by atoms with Gasteiger partial charge in [0.15, 0.2) is 0 Å². The van der Waals surface area contributed by atoms with Crippen LogP contribution < -0.4 is 0 Å². The highest BCUT2D eigenvalue weighted by Gasteiger charge is 2.39. The highest BCUT2D eigenvalue weighted by Crippen LogP contribution is 2.42. The third-order valence-corrected chi connectivity index (χ3v) is 6.03. The van der Waals surface area contributed by atoms with E-state index in [-0.39, 0.29) is 34.2 Å². The summed E-state index contributed by atoms with van der Waals surface area (Å²) in [6, 6.07) is 6.32. The van der Waals surface area contributed by atoms with Crippen LogP contribution in [0.5, 0.6) is 0 Å². The number of hydrogen-bond acceptors (Lipinski definition) is 3. The van der Waals surface area contributed by atoms with E-state index in [9.17, 15) is 14.0 Å². The van der Waals surface area contributed by atoms with Gasteiger partial charge < -0.3 is 9.80 Å². The van der Waals surface area contributed by atoms with E-state index < -0.39 is 0 Å². The summed E-state index contributed by atoms with van der Waals surface area (Å²) in [5, 5.41) is -0.225. The van der Waals surface area contributed by atoms with Crippen LogP contribution in [0.3, 0.4) is 0 Å². The molecule has 2 unspecified atom stereocenters. The van der Waals surface area contributed by atoms with Crippen LogP contribution in [-0.2, 0) is 9.59 Å². The van der Waals surface area contributed by atoms with Gasteiger partial charge in [-0.1, -0.05) is 12.1 Å². The van der Waals surface area contributed by atoms with Gasteiger partial charge in [-0.2, -0.15) is 0 Å². The molecule has 1 heterocycles. The van der Waals surface area contributed by atoms with Crippen molar-refractivity contribution in [3.05, 3.63) is 35.6 Å².